The molecule has 0 N–H and O–H groups in total. The lowest BCUT2D eigenvalue weighted by Gasteiger charge is -2.39. The number of fused-ring (bicyclic) bond motifs is 1. The number of unbranched alkanes of at least 4 members (excludes halogenated alkanes) is 2. The third-order valence-corrected chi connectivity index (χ3v) is 10.4. The average Bonchev–Trinajstić information content (AvgIpc) is 2.68. The predicted molar refractivity (Wildman–Crippen MR) is 125 cm³/mol. The van der Waals surface area contributed by atoms with Gasteiger partial charge in [0.2, 0.25) is 0 Å². The van der Waals surface area contributed by atoms with E-state index in [1.807, 2.05) is 6.08 Å². The van der Waals surface area contributed by atoms with Gasteiger partial charge in [0.05, 0.1) is 13.2 Å². The number of ether oxygens (including phenoxy) is 1. The Morgan fingerprint density at radius 3 is 2.41 bits per heavy atom. The molecule has 2 aromatic rings. The van der Waals surface area contributed by atoms with Crippen LogP contribution >= 0.6 is 0 Å². The van der Waals surface area contributed by atoms with Crippen LogP contribution in [0.4, 0.5) is 0 Å². The lowest BCUT2D eigenvalue weighted by atomic mass is 10.00. The minimum Gasteiger partial charge on any atom is -0.466 e. The van der Waals surface area contributed by atoms with E-state index >= 15 is 0 Å². The van der Waals surface area contributed by atoms with Crippen LogP contribution < -0.4 is 0 Å². The maximum atomic E-state index is 11.2. The van der Waals surface area contributed by atoms with Crippen LogP contribution in [-0.2, 0) is 14.0 Å². The Balaban J connectivity index is 2.12. The monoisotopic (exact) mass is 412 g/mol. The molecule has 0 saturated carbocycles. The summed E-state index contributed by atoms with van der Waals surface area (Å²) in [7, 11) is -0.487. The SMILES string of the molecule is COC(=O)/C=C/CCCCC(O[Si](C)(C)C(C)(C)C)c1ccc2ccccc2c1. The van der Waals surface area contributed by atoms with Crippen molar-refractivity contribution in [1.29, 1.82) is 0 Å². The second kappa shape index (κ2) is 10.2. The van der Waals surface area contributed by atoms with E-state index in [1.54, 1.807) is 0 Å². The van der Waals surface area contributed by atoms with Crippen molar-refractivity contribution in [2.45, 2.75) is 70.7 Å². The number of methoxy groups -OCH3 is 1. The molecule has 0 aliphatic heterocycles. The molecule has 2 rings (SSSR count). The van der Waals surface area contributed by atoms with Crippen LogP contribution in [0.25, 0.3) is 10.8 Å². The van der Waals surface area contributed by atoms with Gasteiger partial charge in [-0.2, -0.15) is 0 Å². The third kappa shape index (κ3) is 6.83. The molecule has 0 radical (unpaired) electrons. The van der Waals surface area contributed by atoms with Crippen LogP contribution in [0.15, 0.2) is 54.6 Å². The quantitative estimate of drug-likeness (QED) is 0.189. The molecule has 1 atom stereocenters. The second-order valence-electron chi connectivity index (χ2n) is 9.18. The van der Waals surface area contributed by atoms with E-state index in [1.165, 1.54) is 29.5 Å². The van der Waals surface area contributed by atoms with E-state index in [0.29, 0.717) is 0 Å². The first-order valence-corrected chi connectivity index (χ1v) is 13.5. The molecule has 0 amide bonds. The lowest BCUT2D eigenvalue weighted by molar-refractivity contribution is -0.134. The van der Waals surface area contributed by atoms with E-state index in [9.17, 15) is 4.79 Å². The van der Waals surface area contributed by atoms with E-state index in [0.717, 1.165) is 25.7 Å². The molecule has 0 bridgehead atoms. The molecule has 2 aromatic carbocycles. The van der Waals surface area contributed by atoms with Crippen LogP contribution in [0.5, 0.6) is 0 Å². The number of rotatable bonds is 9. The van der Waals surface area contributed by atoms with Crippen LogP contribution in [0.1, 0.15) is 58.1 Å². The fraction of sp³-hybridized carbons (Fsp3) is 0.480. The summed E-state index contributed by atoms with van der Waals surface area (Å²) >= 11 is 0. The molecule has 158 valence electrons. The minimum absolute atomic E-state index is 0.102. The molecule has 1 unspecified atom stereocenters. The van der Waals surface area contributed by atoms with Gasteiger partial charge in [0.25, 0.3) is 0 Å². The first kappa shape index (κ1) is 23.4. The van der Waals surface area contributed by atoms with Gasteiger partial charge in [0.1, 0.15) is 0 Å². The zero-order chi connectivity index (χ0) is 21.5. The van der Waals surface area contributed by atoms with Gasteiger partial charge < -0.3 is 9.16 Å². The molecule has 4 heteroatoms. The first-order valence-electron chi connectivity index (χ1n) is 10.5. The van der Waals surface area contributed by atoms with Crippen LogP contribution in [0, 0.1) is 0 Å². The Morgan fingerprint density at radius 2 is 1.76 bits per heavy atom. The standard InChI is InChI=1S/C25H36O3Si/c1-25(2,3)29(5,6)28-23(15-9-7-8-10-16-24(26)27-4)22-18-17-20-13-11-12-14-21(20)19-22/h10-14,16-19,23H,7-9,15H2,1-6H3/b16-10+. The Labute approximate surface area is 177 Å². The van der Waals surface area contributed by atoms with Gasteiger partial charge in [-0.25, -0.2) is 4.79 Å². The number of carbonyl (C=O) groups is 1. The van der Waals surface area contributed by atoms with E-state index in [2.05, 4.69) is 81.1 Å². The molecule has 0 aliphatic rings. The summed E-state index contributed by atoms with van der Waals surface area (Å²) in [4.78, 5) is 11.2. The van der Waals surface area contributed by atoms with E-state index < -0.39 is 8.32 Å². The number of benzene rings is 2. The molecule has 29 heavy (non-hydrogen) atoms. The number of hydrogen-bond donors (Lipinski definition) is 0. The van der Waals surface area contributed by atoms with Crippen molar-refractivity contribution in [3.8, 4) is 0 Å². The fourth-order valence-corrected chi connectivity index (χ4v) is 4.39. The normalized spacial score (nSPS) is 13.7. The molecule has 0 aliphatic carbocycles. The third-order valence-electron chi connectivity index (χ3n) is 5.93. The molecule has 3 nitrogen and oxygen atoms in total. The first-order chi connectivity index (χ1) is 13.6. The number of allylic oxidation sites excluding steroid dienone is 1. The Morgan fingerprint density at radius 1 is 1.07 bits per heavy atom. The average molecular weight is 413 g/mol. The van der Waals surface area contributed by atoms with Crippen molar-refractivity contribution in [1.82, 2.24) is 0 Å². The Bertz CT molecular complexity index is 833. The number of esters is 1. The molecular weight excluding hydrogens is 376 g/mol. The Kier molecular flexibility index (Phi) is 8.23. The van der Waals surface area contributed by atoms with E-state index in [-0.39, 0.29) is 17.1 Å². The minimum atomic E-state index is -1.89. The van der Waals surface area contributed by atoms with Gasteiger partial charge in [-0.15, -0.1) is 0 Å². The topological polar surface area (TPSA) is 35.5 Å². The Hall–Kier alpha value is -1.91. The zero-order valence-corrected chi connectivity index (χ0v) is 19.8. The molecular formula is C25H36O3Si. The highest BCUT2D eigenvalue weighted by molar-refractivity contribution is 6.74. The molecule has 0 spiro atoms. The summed E-state index contributed by atoms with van der Waals surface area (Å²) in [6, 6.07) is 15.2. The van der Waals surface area contributed by atoms with Crippen LogP contribution in [0.3, 0.4) is 0 Å². The van der Waals surface area contributed by atoms with Gasteiger partial charge in [0.15, 0.2) is 8.32 Å². The fourth-order valence-electron chi connectivity index (χ4n) is 3.07. The van der Waals surface area contributed by atoms with Gasteiger partial charge in [-0.1, -0.05) is 69.7 Å². The van der Waals surface area contributed by atoms with Crippen molar-refractivity contribution in [3.63, 3.8) is 0 Å². The number of hydrogen-bond acceptors (Lipinski definition) is 3. The molecule has 0 fully saturated rings. The van der Waals surface area contributed by atoms with Crippen molar-refractivity contribution < 1.29 is 14.0 Å². The van der Waals surface area contributed by atoms with Crippen molar-refractivity contribution in [2.75, 3.05) is 7.11 Å². The van der Waals surface area contributed by atoms with Gasteiger partial charge in [-0.05, 0) is 59.8 Å². The zero-order valence-electron chi connectivity index (χ0n) is 18.8. The summed E-state index contributed by atoms with van der Waals surface area (Å²) in [6.45, 7) is 11.5. The number of carbonyl (C=O) groups excluding carboxylic acids is 1. The van der Waals surface area contributed by atoms with Crippen molar-refractivity contribution in [3.05, 3.63) is 60.2 Å². The van der Waals surface area contributed by atoms with Crippen molar-refractivity contribution >= 4 is 25.1 Å². The smallest absolute Gasteiger partial charge is 0.330 e. The summed E-state index contributed by atoms with van der Waals surface area (Å²) < 4.78 is 11.5. The lowest BCUT2D eigenvalue weighted by Crippen LogP contribution is -2.41. The maximum absolute atomic E-state index is 11.2. The second-order valence-corrected chi connectivity index (χ2v) is 13.9. The molecule has 0 saturated heterocycles. The van der Waals surface area contributed by atoms with E-state index in [4.69, 9.17) is 4.43 Å². The van der Waals surface area contributed by atoms with Gasteiger partial charge in [0, 0.05) is 6.08 Å². The predicted octanol–water partition coefficient (Wildman–Crippen LogP) is 7.19. The van der Waals surface area contributed by atoms with Gasteiger partial charge in [-0.3, -0.25) is 0 Å². The summed E-state index contributed by atoms with van der Waals surface area (Å²) in [6.07, 6.45) is 7.44. The molecule has 0 heterocycles. The van der Waals surface area contributed by atoms with Crippen molar-refractivity contribution in [2.24, 2.45) is 0 Å². The van der Waals surface area contributed by atoms with Gasteiger partial charge >= 0.3 is 5.97 Å². The highest BCUT2D eigenvalue weighted by Crippen LogP contribution is 2.41. The highest BCUT2D eigenvalue weighted by atomic mass is 28.4. The summed E-state index contributed by atoms with van der Waals surface area (Å²) in [5.41, 5.74) is 1.26. The largest absolute Gasteiger partial charge is 0.466 e. The van der Waals surface area contributed by atoms with Crippen LogP contribution in [-0.4, -0.2) is 21.4 Å². The highest BCUT2D eigenvalue weighted by Gasteiger charge is 2.39. The van der Waals surface area contributed by atoms with Crippen LogP contribution in [0.2, 0.25) is 18.1 Å². The molecule has 0 aromatic heterocycles. The summed E-state index contributed by atoms with van der Waals surface area (Å²) in [5, 5.41) is 2.69. The summed E-state index contributed by atoms with van der Waals surface area (Å²) in [5.74, 6) is -0.291. The maximum Gasteiger partial charge on any atom is 0.330 e.